The van der Waals surface area contributed by atoms with Crippen molar-refractivity contribution in [2.24, 2.45) is 0 Å². The van der Waals surface area contributed by atoms with Crippen LogP contribution in [0.4, 0.5) is 0 Å². The Balaban J connectivity index is 1.57. The Morgan fingerprint density at radius 3 is 2.44 bits per heavy atom. The third-order valence-corrected chi connectivity index (χ3v) is 5.90. The van der Waals surface area contributed by atoms with Crippen molar-refractivity contribution in [2.45, 2.75) is 0 Å². The zero-order chi connectivity index (χ0) is 21.7. The summed E-state index contributed by atoms with van der Waals surface area (Å²) in [6.45, 7) is 0.203. The molecular weight excluding hydrogens is 472 g/mol. The molecule has 3 heterocycles. The topological polar surface area (TPSA) is 61.8 Å². The van der Waals surface area contributed by atoms with Crippen LogP contribution < -0.4 is 15.1 Å². The second-order valence-electron chi connectivity index (χ2n) is 7.42. The van der Waals surface area contributed by atoms with Gasteiger partial charge in [-0.3, -0.25) is 0 Å². The van der Waals surface area contributed by atoms with E-state index in [-0.39, 0.29) is 6.79 Å². The molecule has 0 bridgehead atoms. The Bertz CT molecular complexity index is 1530. The van der Waals surface area contributed by atoms with Crippen molar-refractivity contribution in [2.75, 3.05) is 6.79 Å². The second kappa shape index (κ2) is 7.43. The highest BCUT2D eigenvalue weighted by atomic mass is 79.9. The molecule has 0 saturated heterocycles. The van der Waals surface area contributed by atoms with Gasteiger partial charge in [0.05, 0.1) is 0 Å². The molecule has 5 aromatic rings. The molecule has 0 unspecified atom stereocenters. The van der Waals surface area contributed by atoms with Gasteiger partial charge in [0.1, 0.15) is 22.7 Å². The lowest BCUT2D eigenvalue weighted by Crippen LogP contribution is -2.01. The van der Waals surface area contributed by atoms with E-state index in [4.69, 9.17) is 18.3 Å². The van der Waals surface area contributed by atoms with E-state index in [1.807, 2.05) is 66.7 Å². The van der Waals surface area contributed by atoms with Crippen molar-refractivity contribution < 1.29 is 18.3 Å². The minimum absolute atomic E-state index is 0.203. The van der Waals surface area contributed by atoms with Crippen LogP contribution in [0.1, 0.15) is 0 Å². The lowest BCUT2D eigenvalue weighted by molar-refractivity contribution is 0.174. The molecule has 1 aliphatic heterocycles. The molecule has 2 aromatic heterocycles. The van der Waals surface area contributed by atoms with Crippen LogP contribution in [0.2, 0.25) is 0 Å². The number of rotatable bonds is 3. The fraction of sp³-hybridized carbons (Fsp3) is 0.0385. The SMILES string of the molecule is O=c1oc2ccc(Br)cc2cc1-c1cc(-c2ccc3c(c2)OCO3)c(-c2ccccc2)o1. The monoisotopic (exact) mass is 486 g/mol. The van der Waals surface area contributed by atoms with Crippen LogP contribution >= 0.6 is 15.9 Å². The molecule has 6 heteroatoms. The zero-order valence-electron chi connectivity index (χ0n) is 16.6. The minimum atomic E-state index is -0.453. The van der Waals surface area contributed by atoms with Crippen LogP contribution in [0.25, 0.3) is 44.7 Å². The highest BCUT2D eigenvalue weighted by molar-refractivity contribution is 9.10. The molecule has 0 radical (unpaired) electrons. The van der Waals surface area contributed by atoms with Crippen LogP contribution in [-0.2, 0) is 0 Å². The van der Waals surface area contributed by atoms with Crippen LogP contribution in [-0.4, -0.2) is 6.79 Å². The lowest BCUT2D eigenvalue weighted by Gasteiger charge is -2.04. The van der Waals surface area contributed by atoms with E-state index >= 15 is 0 Å². The Hall–Kier alpha value is -3.77. The maximum absolute atomic E-state index is 12.8. The molecule has 0 amide bonds. The molecule has 156 valence electrons. The summed E-state index contributed by atoms with van der Waals surface area (Å²) in [7, 11) is 0. The molecule has 32 heavy (non-hydrogen) atoms. The molecule has 0 N–H and O–H groups in total. The Labute approximate surface area is 190 Å². The number of hydrogen-bond donors (Lipinski definition) is 0. The summed E-state index contributed by atoms with van der Waals surface area (Å²) >= 11 is 3.47. The van der Waals surface area contributed by atoms with Gasteiger partial charge in [-0.1, -0.05) is 52.3 Å². The third-order valence-electron chi connectivity index (χ3n) is 5.41. The fourth-order valence-corrected chi connectivity index (χ4v) is 4.25. The maximum Gasteiger partial charge on any atom is 0.347 e. The highest BCUT2D eigenvalue weighted by Crippen LogP contribution is 2.42. The summed E-state index contributed by atoms with van der Waals surface area (Å²) in [5.74, 6) is 2.49. The summed E-state index contributed by atoms with van der Waals surface area (Å²) < 4.78 is 23.7. The summed E-state index contributed by atoms with van der Waals surface area (Å²) in [6.07, 6.45) is 0. The molecule has 0 spiro atoms. The van der Waals surface area contributed by atoms with Gasteiger partial charge in [-0.2, -0.15) is 0 Å². The lowest BCUT2D eigenvalue weighted by atomic mass is 10.0. The standard InChI is InChI=1S/C26H15BrO5/c27-18-7-9-21-17(10-18)11-20(26(28)32-21)23-13-19(25(31-23)15-4-2-1-3-5-15)16-6-8-22-24(12-16)30-14-29-22/h1-13H,14H2. The van der Waals surface area contributed by atoms with E-state index in [9.17, 15) is 4.79 Å². The summed E-state index contributed by atoms with van der Waals surface area (Å²) in [4.78, 5) is 12.8. The van der Waals surface area contributed by atoms with Gasteiger partial charge in [0.15, 0.2) is 11.5 Å². The first-order valence-corrected chi connectivity index (χ1v) is 10.8. The molecule has 5 nitrogen and oxygen atoms in total. The summed E-state index contributed by atoms with van der Waals surface area (Å²) in [6, 6.07) is 24.7. The molecule has 1 aliphatic rings. The van der Waals surface area contributed by atoms with E-state index in [1.165, 1.54) is 0 Å². The smallest absolute Gasteiger partial charge is 0.347 e. The molecule has 0 atom stereocenters. The van der Waals surface area contributed by atoms with Gasteiger partial charge in [0.25, 0.3) is 0 Å². The first-order chi connectivity index (χ1) is 15.7. The minimum Gasteiger partial charge on any atom is -0.455 e. The van der Waals surface area contributed by atoms with E-state index in [0.717, 1.165) is 26.5 Å². The fourth-order valence-electron chi connectivity index (χ4n) is 3.87. The van der Waals surface area contributed by atoms with Gasteiger partial charge in [-0.25, -0.2) is 4.79 Å². The second-order valence-corrected chi connectivity index (χ2v) is 8.33. The normalized spacial score (nSPS) is 12.4. The Morgan fingerprint density at radius 2 is 1.56 bits per heavy atom. The number of furan rings is 1. The van der Waals surface area contributed by atoms with E-state index in [0.29, 0.717) is 34.2 Å². The van der Waals surface area contributed by atoms with Gasteiger partial charge in [0, 0.05) is 21.0 Å². The van der Waals surface area contributed by atoms with Crippen LogP contribution in [0.5, 0.6) is 11.5 Å². The molecule has 3 aromatic carbocycles. The van der Waals surface area contributed by atoms with Crippen molar-refractivity contribution in [1.29, 1.82) is 0 Å². The largest absolute Gasteiger partial charge is 0.455 e. The first-order valence-electron chi connectivity index (χ1n) is 9.99. The van der Waals surface area contributed by atoms with Gasteiger partial charge >= 0.3 is 5.63 Å². The summed E-state index contributed by atoms with van der Waals surface area (Å²) in [5, 5.41) is 0.802. The van der Waals surface area contributed by atoms with E-state index in [2.05, 4.69) is 15.9 Å². The van der Waals surface area contributed by atoms with Crippen LogP contribution in [0.3, 0.4) is 0 Å². The average molecular weight is 487 g/mol. The molecular formula is C26H15BrO5. The van der Waals surface area contributed by atoms with E-state index in [1.54, 1.807) is 12.1 Å². The number of benzene rings is 3. The van der Waals surface area contributed by atoms with Crippen molar-refractivity contribution in [3.63, 3.8) is 0 Å². The number of halogens is 1. The molecule has 0 aliphatic carbocycles. The highest BCUT2D eigenvalue weighted by Gasteiger charge is 2.21. The van der Waals surface area contributed by atoms with Crippen LogP contribution in [0, 0.1) is 0 Å². The quantitative estimate of drug-likeness (QED) is 0.260. The van der Waals surface area contributed by atoms with Gasteiger partial charge in [0.2, 0.25) is 6.79 Å². The maximum atomic E-state index is 12.8. The molecule has 6 rings (SSSR count). The van der Waals surface area contributed by atoms with Crippen molar-refractivity contribution in [3.8, 4) is 45.3 Å². The average Bonchev–Trinajstić information content (AvgIpc) is 3.46. The number of ether oxygens (including phenoxy) is 2. The predicted molar refractivity (Wildman–Crippen MR) is 125 cm³/mol. The Kier molecular flexibility index (Phi) is 4.40. The molecule has 0 fully saturated rings. The molecule has 0 saturated carbocycles. The first kappa shape index (κ1) is 19.0. The number of fused-ring (bicyclic) bond motifs is 2. The summed E-state index contributed by atoms with van der Waals surface area (Å²) in [5.41, 5.74) is 3.08. The predicted octanol–water partition coefficient (Wildman–Crippen LogP) is 6.88. The van der Waals surface area contributed by atoms with Crippen LogP contribution in [0.15, 0.2) is 97.0 Å². The Morgan fingerprint density at radius 1 is 0.719 bits per heavy atom. The van der Waals surface area contributed by atoms with Gasteiger partial charge in [-0.15, -0.1) is 0 Å². The van der Waals surface area contributed by atoms with Crippen molar-refractivity contribution in [3.05, 3.63) is 93.8 Å². The van der Waals surface area contributed by atoms with E-state index < -0.39 is 5.63 Å². The third kappa shape index (κ3) is 3.20. The van der Waals surface area contributed by atoms with Gasteiger partial charge in [-0.05, 0) is 48.0 Å². The van der Waals surface area contributed by atoms with Crippen molar-refractivity contribution in [1.82, 2.24) is 0 Å². The zero-order valence-corrected chi connectivity index (χ0v) is 18.2. The number of hydrogen-bond acceptors (Lipinski definition) is 5. The van der Waals surface area contributed by atoms with Gasteiger partial charge < -0.3 is 18.3 Å². The van der Waals surface area contributed by atoms with Crippen molar-refractivity contribution >= 4 is 26.9 Å².